The number of anilines is 1. The molecule has 2 fully saturated rings. The van der Waals surface area contributed by atoms with Crippen LogP contribution in [0.25, 0.3) is 0 Å². The van der Waals surface area contributed by atoms with E-state index in [1.807, 2.05) is 6.07 Å². The van der Waals surface area contributed by atoms with E-state index in [2.05, 4.69) is 30.0 Å². The fourth-order valence-corrected chi connectivity index (χ4v) is 4.02. The van der Waals surface area contributed by atoms with Crippen molar-refractivity contribution in [2.24, 2.45) is 5.92 Å². The lowest BCUT2D eigenvalue weighted by Gasteiger charge is -2.38. The minimum Gasteiger partial charge on any atom is -0.355 e. The molecule has 4 heterocycles. The topological polar surface area (TPSA) is 78.0 Å². The number of hydrogen-bond acceptors (Lipinski definition) is 5. The van der Waals surface area contributed by atoms with Gasteiger partial charge < -0.3 is 9.80 Å². The second-order valence-corrected chi connectivity index (χ2v) is 6.98. The first kappa shape index (κ1) is 16.1. The smallest absolute Gasteiger partial charge is 0.227 e. The summed E-state index contributed by atoms with van der Waals surface area (Å²) in [6.07, 6.45) is 11.1. The lowest BCUT2D eigenvalue weighted by Crippen LogP contribution is -2.47. The maximum atomic E-state index is 13.1. The van der Waals surface area contributed by atoms with E-state index < -0.39 is 0 Å². The first-order valence-corrected chi connectivity index (χ1v) is 9.10. The molecule has 25 heavy (non-hydrogen) atoms. The van der Waals surface area contributed by atoms with E-state index in [-0.39, 0.29) is 11.8 Å². The molecule has 0 aliphatic carbocycles. The van der Waals surface area contributed by atoms with Crippen LogP contribution in [0.1, 0.15) is 37.3 Å². The Hall–Kier alpha value is -2.44. The van der Waals surface area contributed by atoms with Gasteiger partial charge in [0.1, 0.15) is 5.82 Å². The summed E-state index contributed by atoms with van der Waals surface area (Å²) < 4.78 is 0. The van der Waals surface area contributed by atoms with Crippen molar-refractivity contribution < 1.29 is 4.79 Å². The highest BCUT2D eigenvalue weighted by Crippen LogP contribution is 2.28. The molecule has 0 saturated carbocycles. The van der Waals surface area contributed by atoms with Gasteiger partial charge in [-0.05, 0) is 31.7 Å². The van der Waals surface area contributed by atoms with E-state index in [9.17, 15) is 4.79 Å². The number of rotatable bonds is 3. The van der Waals surface area contributed by atoms with Crippen LogP contribution < -0.4 is 4.90 Å². The Morgan fingerprint density at radius 3 is 2.84 bits per heavy atom. The summed E-state index contributed by atoms with van der Waals surface area (Å²) in [5.41, 5.74) is 1.14. The van der Waals surface area contributed by atoms with Crippen molar-refractivity contribution in [1.82, 2.24) is 25.1 Å². The first-order chi connectivity index (χ1) is 12.3. The van der Waals surface area contributed by atoms with Crippen LogP contribution in [-0.4, -0.2) is 57.2 Å². The van der Waals surface area contributed by atoms with E-state index >= 15 is 0 Å². The van der Waals surface area contributed by atoms with E-state index in [1.165, 1.54) is 0 Å². The molecule has 2 aromatic rings. The van der Waals surface area contributed by atoms with E-state index in [1.54, 1.807) is 24.8 Å². The van der Waals surface area contributed by atoms with Crippen LogP contribution in [0.3, 0.4) is 0 Å². The van der Waals surface area contributed by atoms with Crippen molar-refractivity contribution in [3.05, 3.63) is 36.5 Å². The molecular formula is C18H24N6O. The number of amides is 1. The molecule has 4 rings (SSSR count). The zero-order chi connectivity index (χ0) is 17.1. The molecule has 0 aromatic carbocycles. The molecule has 132 valence electrons. The summed E-state index contributed by atoms with van der Waals surface area (Å²) in [4.78, 5) is 25.9. The molecule has 2 saturated heterocycles. The summed E-state index contributed by atoms with van der Waals surface area (Å²) in [7, 11) is 0. The average molecular weight is 340 g/mol. The Morgan fingerprint density at radius 2 is 2.04 bits per heavy atom. The van der Waals surface area contributed by atoms with E-state index in [0.29, 0.717) is 5.92 Å². The third-order valence-corrected chi connectivity index (χ3v) is 5.34. The molecular weight excluding hydrogens is 316 g/mol. The maximum absolute atomic E-state index is 13.1. The highest BCUT2D eigenvalue weighted by molar-refractivity contribution is 5.80. The number of likely N-dealkylation sites (tertiary alicyclic amines) is 1. The highest BCUT2D eigenvalue weighted by atomic mass is 16.2. The Bertz CT molecular complexity index is 689. The molecule has 1 amide bonds. The normalized spacial score (nSPS) is 24.3. The number of H-pyrrole nitrogens is 1. The predicted molar refractivity (Wildman–Crippen MR) is 94.1 cm³/mol. The molecule has 2 aliphatic heterocycles. The third kappa shape index (κ3) is 3.50. The van der Waals surface area contributed by atoms with E-state index in [4.69, 9.17) is 0 Å². The summed E-state index contributed by atoms with van der Waals surface area (Å²) in [5, 5.41) is 7.12. The van der Waals surface area contributed by atoms with Crippen molar-refractivity contribution >= 4 is 11.7 Å². The van der Waals surface area contributed by atoms with Gasteiger partial charge in [-0.1, -0.05) is 0 Å². The Morgan fingerprint density at radius 1 is 1.12 bits per heavy atom. The van der Waals surface area contributed by atoms with Gasteiger partial charge in [-0.2, -0.15) is 5.10 Å². The van der Waals surface area contributed by atoms with Crippen molar-refractivity contribution in [3.8, 4) is 0 Å². The molecule has 0 bridgehead atoms. The standard InChI is InChI=1S/C18H24N6O/c25-18(24-10-1-3-14(12-24)16-5-6-21-22-16)15-4-2-9-23(13-15)17-11-19-7-8-20-17/h5-8,11,14-15H,1-4,9-10,12-13H2,(H,21,22)/t14-,15+/m0/s1. The quantitative estimate of drug-likeness (QED) is 0.922. The lowest BCUT2D eigenvalue weighted by atomic mass is 9.91. The molecule has 7 heteroatoms. The number of piperidine rings is 2. The second kappa shape index (κ2) is 7.21. The van der Waals surface area contributed by atoms with Crippen molar-refractivity contribution in [2.45, 2.75) is 31.6 Å². The minimum absolute atomic E-state index is 0.0521. The minimum atomic E-state index is 0.0521. The molecule has 2 atom stereocenters. The molecule has 0 radical (unpaired) electrons. The van der Waals surface area contributed by atoms with Crippen molar-refractivity contribution in [2.75, 3.05) is 31.1 Å². The van der Waals surface area contributed by atoms with Crippen LogP contribution in [0, 0.1) is 5.92 Å². The van der Waals surface area contributed by atoms with Gasteiger partial charge >= 0.3 is 0 Å². The number of aromatic amines is 1. The predicted octanol–water partition coefficient (Wildman–Crippen LogP) is 1.82. The van der Waals surface area contributed by atoms with Gasteiger partial charge in [0.25, 0.3) is 0 Å². The lowest BCUT2D eigenvalue weighted by molar-refractivity contribution is -0.137. The van der Waals surface area contributed by atoms with Crippen LogP contribution >= 0.6 is 0 Å². The van der Waals surface area contributed by atoms with E-state index in [0.717, 1.165) is 63.4 Å². The van der Waals surface area contributed by atoms with Crippen LogP contribution in [0.15, 0.2) is 30.9 Å². The number of hydrogen-bond donors (Lipinski definition) is 1. The average Bonchev–Trinajstić information content (AvgIpc) is 3.23. The van der Waals surface area contributed by atoms with Gasteiger partial charge in [-0.3, -0.25) is 14.9 Å². The summed E-state index contributed by atoms with van der Waals surface area (Å²) in [6, 6.07) is 2.02. The number of carbonyl (C=O) groups is 1. The van der Waals surface area contributed by atoms with Crippen LogP contribution in [0.5, 0.6) is 0 Å². The first-order valence-electron chi connectivity index (χ1n) is 9.10. The number of aromatic nitrogens is 4. The molecule has 1 N–H and O–H groups in total. The van der Waals surface area contributed by atoms with Gasteiger partial charge in [0.2, 0.25) is 5.91 Å². The molecule has 2 aliphatic rings. The number of nitrogens with zero attached hydrogens (tertiary/aromatic N) is 5. The van der Waals surface area contributed by atoms with Crippen LogP contribution in [0.4, 0.5) is 5.82 Å². The monoisotopic (exact) mass is 340 g/mol. The zero-order valence-corrected chi connectivity index (χ0v) is 14.3. The number of carbonyl (C=O) groups excluding carboxylic acids is 1. The molecule has 7 nitrogen and oxygen atoms in total. The Kier molecular flexibility index (Phi) is 4.63. The van der Waals surface area contributed by atoms with Gasteiger partial charge in [-0.25, -0.2) is 4.98 Å². The maximum Gasteiger partial charge on any atom is 0.227 e. The largest absolute Gasteiger partial charge is 0.355 e. The van der Waals surface area contributed by atoms with Gasteiger partial charge in [0, 0.05) is 56.4 Å². The van der Waals surface area contributed by atoms with Gasteiger partial charge in [-0.15, -0.1) is 0 Å². The van der Waals surface area contributed by atoms with Gasteiger partial charge in [0.15, 0.2) is 0 Å². The summed E-state index contributed by atoms with van der Waals surface area (Å²) in [5.74, 6) is 1.59. The SMILES string of the molecule is O=C([C@@H]1CCCN(c2cnccn2)C1)N1CCC[C@H](c2ccn[nH]2)C1. The second-order valence-electron chi connectivity index (χ2n) is 6.98. The van der Waals surface area contributed by atoms with Crippen molar-refractivity contribution in [1.29, 1.82) is 0 Å². The number of nitrogens with one attached hydrogen (secondary N) is 1. The highest BCUT2D eigenvalue weighted by Gasteiger charge is 2.33. The van der Waals surface area contributed by atoms with Crippen molar-refractivity contribution in [3.63, 3.8) is 0 Å². The molecule has 0 spiro atoms. The third-order valence-electron chi connectivity index (χ3n) is 5.34. The molecule has 0 unspecified atom stereocenters. The fraction of sp³-hybridized carbons (Fsp3) is 0.556. The zero-order valence-electron chi connectivity index (χ0n) is 14.3. The summed E-state index contributed by atoms with van der Waals surface area (Å²) in [6.45, 7) is 3.34. The Balaban J connectivity index is 1.41. The molecule has 2 aromatic heterocycles. The van der Waals surface area contributed by atoms with Crippen LogP contribution in [-0.2, 0) is 4.79 Å². The Labute approximate surface area is 147 Å². The summed E-state index contributed by atoms with van der Waals surface area (Å²) >= 11 is 0. The van der Waals surface area contributed by atoms with Gasteiger partial charge in [0.05, 0.1) is 12.1 Å². The van der Waals surface area contributed by atoms with Crippen LogP contribution in [0.2, 0.25) is 0 Å². The fourth-order valence-electron chi connectivity index (χ4n) is 4.02.